The number of carbonyl (C=O) groups is 2. The van der Waals surface area contributed by atoms with Gasteiger partial charge in [-0.2, -0.15) is 4.31 Å². The number of primary amides is 2. The van der Waals surface area contributed by atoms with Crippen LogP contribution in [0.25, 0.3) is 0 Å². The Morgan fingerprint density at radius 2 is 1.72 bits per heavy atom. The van der Waals surface area contributed by atoms with Crippen molar-refractivity contribution in [3.63, 3.8) is 0 Å². The molecule has 2 rings (SSSR count). The summed E-state index contributed by atoms with van der Waals surface area (Å²) < 4.78 is 50.2. The molecule has 1 aromatic carbocycles. The van der Waals surface area contributed by atoms with Crippen molar-refractivity contribution < 1.29 is 31.9 Å². The largest absolute Gasteiger partial charge is 0.429 e. The predicted molar refractivity (Wildman–Crippen MR) is 101 cm³/mol. The highest BCUT2D eigenvalue weighted by molar-refractivity contribution is 7.90. The monoisotopic (exact) mass is 433 g/mol. The van der Waals surface area contributed by atoms with Gasteiger partial charge < -0.3 is 26.7 Å². The molecule has 3 atom stereocenters. The van der Waals surface area contributed by atoms with Gasteiger partial charge in [0.1, 0.15) is 10.6 Å². The number of hydrogen-bond acceptors (Lipinski definition) is 8. The highest BCUT2D eigenvalue weighted by atomic mass is 32.2. The van der Waals surface area contributed by atoms with Crippen LogP contribution in [0.1, 0.15) is 26.3 Å². The van der Waals surface area contributed by atoms with Gasteiger partial charge in [-0.3, -0.25) is 5.32 Å². The van der Waals surface area contributed by atoms with E-state index in [2.05, 4.69) is 5.32 Å². The molecule has 1 fully saturated rings. The van der Waals surface area contributed by atoms with E-state index in [4.69, 9.17) is 26.7 Å². The van der Waals surface area contributed by atoms with Crippen molar-refractivity contribution in [1.29, 1.82) is 0 Å². The summed E-state index contributed by atoms with van der Waals surface area (Å²) in [6.07, 6.45) is -5.79. The quantitative estimate of drug-likeness (QED) is 0.485. The zero-order valence-corrected chi connectivity index (χ0v) is 17.1. The summed E-state index contributed by atoms with van der Waals surface area (Å²) in [6, 6.07) is 3.60. The number of nitrogens with one attached hydrogen (secondary N) is 1. The minimum Gasteiger partial charge on any atom is -0.429 e. The fourth-order valence-corrected chi connectivity index (χ4v) is 4.88. The first kappa shape index (κ1) is 22.6. The van der Waals surface area contributed by atoms with Gasteiger partial charge in [-0.15, -0.1) is 0 Å². The van der Waals surface area contributed by atoms with E-state index in [0.717, 1.165) is 17.4 Å². The molecule has 13 heteroatoms. The molecular formula is C16H24FN5O6S. The van der Waals surface area contributed by atoms with Crippen molar-refractivity contribution in [1.82, 2.24) is 9.62 Å². The number of nitrogen functional groups attached to an aromatic ring is 1. The molecule has 1 aromatic rings. The average molecular weight is 433 g/mol. The summed E-state index contributed by atoms with van der Waals surface area (Å²) in [5.74, 6) is -0.782. The number of likely N-dealkylation sites (N-methyl/N-ethyl adjacent to an activating group) is 1. The van der Waals surface area contributed by atoms with E-state index in [1.807, 2.05) is 0 Å². The van der Waals surface area contributed by atoms with Gasteiger partial charge in [0.15, 0.2) is 12.5 Å². The minimum absolute atomic E-state index is 0.151. The molecule has 2 amide bonds. The molecule has 1 aliphatic rings. The Morgan fingerprint density at radius 1 is 1.17 bits per heavy atom. The molecule has 3 unspecified atom stereocenters. The van der Waals surface area contributed by atoms with Crippen LogP contribution in [0.3, 0.4) is 0 Å². The third-order valence-electron chi connectivity index (χ3n) is 4.94. The Labute approximate surface area is 167 Å². The number of benzene rings is 1. The van der Waals surface area contributed by atoms with Crippen LogP contribution in [0.2, 0.25) is 0 Å². The molecule has 1 saturated heterocycles. The first-order chi connectivity index (χ1) is 13.1. The SMILES string of the molecule is CN1C(OC(N)=O)C(C)(c2cc(N)ccc2F)NC(OC(N)=O)C(C)(C)S1(=O)=O. The Kier molecular flexibility index (Phi) is 5.71. The number of sulfonamides is 1. The maximum absolute atomic E-state index is 14.8. The smallest absolute Gasteiger partial charge is 0.406 e. The van der Waals surface area contributed by atoms with E-state index in [1.54, 1.807) is 0 Å². The molecule has 0 spiro atoms. The van der Waals surface area contributed by atoms with Gasteiger partial charge >= 0.3 is 12.2 Å². The molecule has 1 heterocycles. The molecule has 29 heavy (non-hydrogen) atoms. The second-order valence-electron chi connectivity index (χ2n) is 7.32. The van der Waals surface area contributed by atoms with Crippen molar-refractivity contribution in [2.75, 3.05) is 12.8 Å². The molecule has 0 aromatic heterocycles. The highest BCUT2D eigenvalue weighted by Gasteiger charge is 2.59. The fraction of sp³-hybridized carbons (Fsp3) is 0.500. The van der Waals surface area contributed by atoms with Crippen LogP contribution >= 0.6 is 0 Å². The van der Waals surface area contributed by atoms with Crippen LogP contribution in [0.5, 0.6) is 0 Å². The van der Waals surface area contributed by atoms with E-state index in [1.165, 1.54) is 32.9 Å². The van der Waals surface area contributed by atoms with Gasteiger partial charge in [-0.1, -0.05) is 0 Å². The molecule has 0 bridgehead atoms. The maximum atomic E-state index is 14.8. The zero-order chi connectivity index (χ0) is 22.4. The number of nitrogens with zero attached hydrogens (tertiary/aromatic N) is 1. The molecule has 162 valence electrons. The zero-order valence-electron chi connectivity index (χ0n) is 16.3. The topological polar surface area (TPSA) is 180 Å². The summed E-state index contributed by atoms with van der Waals surface area (Å²) in [5, 5.41) is 2.77. The number of hydrogen-bond donors (Lipinski definition) is 4. The number of carbonyl (C=O) groups excluding carboxylic acids is 2. The molecule has 7 N–H and O–H groups in total. The highest BCUT2D eigenvalue weighted by Crippen LogP contribution is 2.40. The third-order valence-corrected chi connectivity index (χ3v) is 7.44. The van der Waals surface area contributed by atoms with Crippen LogP contribution in [0.15, 0.2) is 18.2 Å². The summed E-state index contributed by atoms with van der Waals surface area (Å²) >= 11 is 0. The van der Waals surface area contributed by atoms with Crippen molar-refractivity contribution >= 4 is 27.9 Å². The Morgan fingerprint density at radius 3 is 2.24 bits per heavy atom. The van der Waals surface area contributed by atoms with Crippen molar-refractivity contribution in [3.05, 3.63) is 29.6 Å². The molecule has 0 aliphatic carbocycles. The molecule has 0 saturated carbocycles. The summed E-state index contributed by atoms with van der Waals surface area (Å²) in [6.45, 7) is 3.88. The van der Waals surface area contributed by atoms with Crippen LogP contribution in [0, 0.1) is 5.82 Å². The second kappa shape index (κ2) is 7.31. The summed E-state index contributed by atoms with van der Waals surface area (Å²) in [4.78, 5) is 23.0. The minimum atomic E-state index is -4.32. The van der Waals surface area contributed by atoms with Gasteiger partial charge in [0.2, 0.25) is 10.0 Å². The number of rotatable bonds is 3. The van der Waals surface area contributed by atoms with Crippen LogP contribution in [-0.4, -0.2) is 49.2 Å². The Balaban J connectivity index is 2.84. The molecule has 11 nitrogen and oxygen atoms in total. The van der Waals surface area contributed by atoms with E-state index in [0.29, 0.717) is 0 Å². The van der Waals surface area contributed by atoms with E-state index in [9.17, 15) is 22.4 Å². The van der Waals surface area contributed by atoms with Gasteiger partial charge in [0, 0.05) is 18.3 Å². The lowest BCUT2D eigenvalue weighted by Crippen LogP contribution is -2.60. The van der Waals surface area contributed by atoms with Gasteiger partial charge in [0.05, 0.1) is 5.54 Å². The van der Waals surface area contributed by atoms with Crippen LogP contribution in [-0.2, 0) is 25.0 Å². The van der Waals surface area contributed by atoms with Crippen molar-refractivity contribution in [3.8, 4) is 0 Å². The lowest BCUT2D eigenvalue weighted by atomic mass is 9.88. The summed E-state index contributed by atoms with van der Waals surface area (Å²) in [7, 11) is -3.19. The molecule has 0 radical (unpaired) electrons. The Bertz CT molecular complexity index is 940. The van der Waals surface area contributed by atoms with Crippen LogP contribution < -0.4 is 22.5 Å². The van der Waals surface area contributed by atoms with Crippen molar-refractivity contribution in [2.45, 2.75) is 43.5 Å². The van der Waals surface area contributed by atoms with Gasteiger partial charge in [-0.25, -0.2) is 22.4 Å². The first-order valence-corrected chi connectivity index (χ1v) is 9.81. The lowest BCUT2D eigenvalue weighted by molar-refractivity contribution is -0.0403. The maximum Gasteiger partial charge on any atom is 0.406 e. The summed E-state index contributed by atoms with van der Waals surface area (Å²) in [5.41, 5.74) is 14.2. The van der Waals surface area contributed by atoms with Crippen LogP contribution in [0.4, 0.5) is 19.7 Å². The molecular weight excluding hydrogens is 409 g/mol. The number of anilines is 1. The lowest BCUT2D eigenvalue weighted by Gasteiger charge is -2.40. The fourth-order valence-electron chi connectivity index (χ4n) is 3.25. The predicted octanol–water partition coefficient (Wildman–Crippen LogP) is 0.109. The number of halogens is 1. The standard InChI is InChI=1S/C16H24FN5O6S/c1-15(2)11(27-13(19)23)21-16(3,9-7-8(18)5-6-10(9)17)12(28-14(20)24)22(4)29(15,25)26/h5-7,11-12,21H,18H2,1-4H3,(H2,19,23)(H2,20,24). The van der Waals surface area contributed by atoms with E-state index < -0.39 is 50.8 Å². The van der Waals surface area contributed by atoms with E-state index in [-0.39, 0.29) is 11.3 Å². The average Bonchev–Trinajstić information content (AvgIpc) is 2.62. The number of amides is 2. The Hall–Kier alpha value is -2.64. The number of ether oxygens (including phenoxy) is 2. The van der Waals surface area contributed by atoms with Crippen molar-refractivity contribution in [2.24, 2.45) is 11.5 Å². The molecule has 1 aliphatic heterocycles. The normalized spacial score (nSPS) is 28.9. The second-order valence-corrected chi connectivity index (χ2v) is 9.90. The first-order valence-electron chi connectivity index (χ1n) is 8.37. The van der Waals surface area contributed by atoms with Gasteiger partial charge in [0.25, 0.3) is 0 Å². The van der Waals surface area contributed by atoms with E-state index >= 15 is 0 Å². The number of nitrogens with two attached hydrogens (primary N) is 3. The van der Waals surface area contributed by atoms with Gasteiger partial charge in [-0.05, 0) is 39.0 Å². The third kappa shape index (κ3) is 3.80.